The molecule has 2 aliphatic heterocycles. The van der Waals surface area contributed by atoms with Gasteiger partial charge in [0.25, 0.3) is 0 Å². The summed E-state index contributed by atoms with van der Waals surface area (Å²) in [6.07, 6.45) is 0.601. The third kappa shape index (κ3) is 3.81. The Kier molecular flexibility index (Phi) is 4.94. The molecule has 6 heteroatoms. The van der Waals surface area contributed by atoms with E-state index < -0.39 is 11.8 Å². The third-order valence-electron chi connectivity index (χ3n) is 5.57. The van der Waals surface area contributed by atoms with E-state index in [1.807, 2.05) is 37.3 Å². The largest absolute Gasteiger partial charge is 0.509 e. The molecule has 2 fully saturated rings. The van der Waals surface area contributed by atoms with Crippen molar-refractivity contribution in [3.05, 3.63) is 60.2 Å². The summed E-state index contributed by atoms with van der Waals surface area (Å²) in [6.45, 7) is 3.35. The van der Waals surface area contributed by atoms with Gasteiger partial charge in [-0.25, -0.2) is 9.59 Å². The maximum absolute atomic E-state index is 12.6. The molecule has 0 unspecified atom stereocenters. The van der Waals surface area contributed by atoms with Gasteiger partial charge in [0, 0.05) is 25.9 Å². The maximum atomic E-state index is 12.6. The van der Waals surface area contributed by atoms with Gasteiger partial charge in [-0.05, 0) is 23.6 Å². The second-order valence-electron chi connectivity index (χ2n) is 7.47. The monoisotopic (exact) mass is 380 g/mol. The molecular formula is C22H24N2O4. The van der Waals surface area contributed by atoms with Crippen LogP contribution in [-0.2, 0) is 9.47 Å². The summed E-state index contributed by atoms with van der Waals surface area (Å²) in [5.74, 6) is 0. The van der Waals surface area contributed by atoms with E-state index in [2.05, 4.69) is 29.6 Å². The van der Waals surface area contributed by atoms with Gasteiger partial charge in [0.05, 0.1) is 6.04 Å². The third-order valence-corrected chi connectivity index (χ3v) is 5.57. The Morgan fingerprint density at radius 3 is 2.29 bits per heavy atom. The Morgan fingerprint density at radius 2 is 1.68 bits per heavy atom. The highest BCUT2D eigenvalue weighted by molar-refractivity contribution is 5.75. The van der Waals surface area contributed by atoms with Gasteiger partial charge in [0.1, 0.15) is 6.61 Å². The number of hydrogen-bond donors (Lipinski definition) is 1. The first-order chi connectivity index (χ1) is 13.5. The average Bonchev–Trinajstić information content (AvgIpc) is 3.09. The van der Waals surface area contributed by atoms with Gasteiger partial charge in [-0.3, -0.25) is 0 Å². The number of cyclic esters (lactones) is 1. The Labute approximate surface area is 164 Å². The molecule has 2 aromatic carbocycles. The van der Waals surface area contributed by atoms with Crippen molar-refractivity contribution in [1.82, 2.24) is 10.2 Å². The molecule has 2 amide bonds. The Bertz CT molecular complexity index is 843. The van der Waals surface area contributed by atoms with Crippen LogP contribution in [0.3, 0.4) is 0 Å². The predicted molar refractivity (Wildman–Crippen MR) is 105 cm³/mol. The first-order valence-corrected chi connectivity index (χ1v) is 9.61. The molecule has 2 aliphatic rings. The molecule has 6 nitrogen and oxygen atoms in total. The van der Waals surface area contributed by atoms with E-state index in [4.69, 9.17) is 9.47 Å². The fourth-order valence-corrected chi connectivity index (χ4v) is 3.74. The summed E-state index contributed by atoms with van der Waals surface area (Å²) < 4.78 is 10.2. The maximum Gasteiger partial charge on any atom is 0.509 e. The van der Waals surface area contributed by atoms with Crippen molar-refractivity contribution < 1.29 is 19.1 Å². The molecular weight excluding hydrogens is 356 g/mol. The van der Waals surface area contributed by atoms with Crippen molar-refractivity contribution in [3.8, 4) is 11.1 Å². The van der Waals surface area contributed by atoms with E-state index in [0.717, 1.165) is 11.1 Å². The molecule has 0 radical (unpaired) electrons. The van der Waals surface area contributed by atoms with E-state index in [1.54, 1.807) is 4.90 Å². The van der Waals surface area contributed by atoms with Crippen LogP contribution in [0.1, 0.15) is 31.4 Å². The predicted octanol–water partition coefficient (Wildman–Crippen LogP) is 4.13. The lowest BCUT2D eigenvalue weighted by Crippen LogP contribution is -2.51. The minimum Gasteiger partial charge on any atom is -0.430 e. The van der Waals surface area contributed by atoms with Gasteiger partial charge in [-0.2, -0.15) is 0 Å². The highest BCUT2D eigenvalue weighted by atomic mass is 16.8. The highest BCUT2D eigenvalue weighted by Crippen LogP contribution is 2.31. The Morgan fingerprint density at radius 1 is 1.04 bits per heavy atom. The highest BCUT2D eigenvalue weighted by Gasteiger charge is 2.45. The number of hydrogen-bond acceptors (Lipinski definition) is 4. The van der Waals surface area contributed by atoms with E-state index in [0.29, 0.717) is 25.9 Å². The lowest BCUT2D eigenvalue weighted by Gasteiger charge is -2.36. The number of ether oxygens (including phenoxy) is 2. The second kappa shape index (κ2) is 7.54. The van der Waals surface area contributed by atoms with Crippen molar-refractivity contribution in [2.75, 3.05) is 19.7 Å². The molecule has 28 heavy (non-hydrogen) atoms. The standard InChI is InChI=1S/C22H24N2O4/c1-16(17-7-9-19(10-8-17)18-5-3-2-4-6-18)23-20(25)24-13-11-22(12-14-24)15-27-21(26)28-22/h2-10,16H,11-15H2,1H3,(H,23,25)/t16-/m0/s1. The molecule has 0 aliphatic carbocycles. The van der Waals surface area contributed by atoms with E-state index in [-0.39, 0.29) is 18.7 Å². The van der Waals surface area contributed by atoms with Crippen molar-refractivity contribution in [2.45, 2.75) is 31.4 Å². The second-order valence-corrected chi connectivity index (χ2v) is 7.47. The number of urea groups is 1. The van der Waals surface area contributed by atoms with Crippen molar-refractivity contribution in [1.29, 1.82) is 0 Å². The number of carbonyl (C=O) groups is 2. The van der Waals surface area contributed by atoms with Gasteiger partial charge in [-0.15, -0.1) is 0 Å². The van der Waals surface area contributed by atoms with E-state index in [9.17, 15) is 9.59 Å². The van der Waals surface area contributed by atoms with Gasteiger partial charge < -0.3 is 19.7 Å². The zero-order chi connectivity index (χ0) is 19.6. The van der Waals surface area contributed by atoms with E-state index in [1.165, 1.54) is 5.56 Å². The molecule has 0 aromatic heterocycles. The molecule has 146 valence electrons. The van der Waals surface area contributed by atoms with Crippen molar-refractivity contribution in [2.24, 2.45) is 0 Å². The molecule has 1 spiro atoms. The zero-order valence-corrected chi connectivity index (χ0v) is 15.9. The number of rotatable bonds is 3. The number of carbonyl (C=O) groups excluding carboxylic acids is 2. The van der Waals surface area contributed by atoms with Gasteiger partial charge >= 0.3 is 12.2 Å². The molecule has 2 heterocycles. The van der Waals surface area contributed by atoms with Gasteiger partial charge in [-0.1, -0.05) is 54.6 Å². The summed E-state index contributed by atoms with van der Waals surface area (Å²) in [5, 5.41) is 3.06. The number of piperidine rings is 1. The number of benzene rings is 2. The lowest BCUT2D eigenvalue weighted by atomic mass is 9.92. The summed E-state index contributed by atoms with van der Waals surface area (Å²) in [7, 11) is 0. The number of nitrogens with one attached hydrogen (secondary N) is 1. The number of likely N-dealkylation sites (tertiary alicyclic amines) is 1. The van der Waals surface area contributed by atoms with Crippen molar-refractivity contribution in [3.63, 3.8) is 0 Å². The molecule has 2 aromatic rings. The summed E-state index contributed by atoms with van der Waals surface area (Å²) >= 11 is 0. The minimum absolute atomic E-state index is 0.0964. The number of amides is 2. The normalized spacial score (nSPS) is 19.0. The van der Waals surface area contributed by atoms with E-state index >= 15 is 0 Å². The molecule has 1 N–H and O–H groups in total. The van der Waals surface area contributed by atoms with Gasteiger partial charge in [0.2, 0.25) is 0 Å². The minimum atomic E-state index is -0.606. The van der Waals surface area contributed by atoms with Crippen LogP contribution in [0.25, 0.3) is 11.1 Å². The topological polar surface area (TPSA) is 67.9 Å². The fourth-order valence-electron chi connectivity index (χ4n) is 3.74. The smallest absolute Gasteiger partial charge is 0.430 e. The van der Waals surface area contributed by atoms with Crippen LogP contribution in [-0.4, -0.2) is 42.4 Å². The fraction of sp³-hybridized carbons (Fsp3) is 0.364. The van der Waals surface area contributed by atoms with Crippen LogP contribution >= 0.6 is 0 Å². The van der Waals surface area contributed by atoms with Crippen molar-refractivity contribution >= 4 is 12.2 Å². The van der Waals surface area contributed by atoms with Crippen LogP contribution in [0, 0.1) is 0 Å². The van der Waals surface area contributed by atoms with Gasteiger partial charge in [0.15, 0.2) is 5.60 Å². The summed E-state index contributed by atoms with van der Waals surface area (Å²) in [6, 6.07) is 18.3. The van der Waals surface area contributed by atoms with Crippen LogP contribution in [0.5, 0.6) is 0 Å². The Balaban J connectivity index is 1.33. The zero-order valence-electron chi connectivity index (χ0n) is 15.9. The lowest BCUT2D eigenvalue weighted by molar-refractivity contribution is 0.00917. The molecule has 4 rings (SSSR count). The van der Waals surface area contributed by atoms with Crippen LogP contribution < -0.4 is 5.32 Å². The molecule has 2 saturated heterocycles. The quantitative estimate of drug-likeness (QED) is 0.813. The Hall–Kier alpha value is -3.02. The molecule has 0 bridgehead atoms. The first-order valence-electron chi connectivity index (χ1n) is 9.61. The SMILES string of the molecule is C[C@H](NC(=O)N1CCC2(CC1)COC(=O)O2)c1ccc(-c2ccccc2)cc1. The van der Waals surface area contributed by atoms with Crippen LogP contribution in [0.15, 0.2) is 54.6 Å². The first kappa shape index (κ1) is 18.3. The number of nitrogens with zero attached hydrogens (tertiary/aromatic N) is 1. The average molecular weight is 380 g/mol. The van der Waals surface area contributed by atoms with Crippen LogP contribution in [0.2, 0.25) is 0 Å². The molecule has 1 atom stereocenters. The van der Waals surface area contributed by atoms with Crippen LogP contribution in [0.4, 0.5) is 9.59 Å². The summed E-state index contributed by atoms with van der Waals surface area (Å²) in [5.41, 5.74) is 2.83. The summed E-state index contributed by atoms with van der Waals surface area (Å²) in [4.78, 5) is 25.6. The molecule has 0 saturated carbocycles.